The highest BCUT2D eigenvalue weighted by Crippen LogP contribution is 2.22. The van der Waals surface area contributed by atoms with Gasteiger partial charge in [-0.25, -0.2) is 9.97 Å². The summed E-state index contributed by atoms with van der Waals surface area (Å²) in [6, 6.07) is 5.65. The van der Waals surface area contributed by atoms with E-state index < -0.39 is 0 Å². The van der Waals surface area contributed by atoms with Gasteiger partial charge in [0.15, 0.2) is 5.82 Å². The van der Waals surface area contributed by atoms with Gasteiger partial charge in [-0.3, -0.25) is 4.79 Å². The van der Waals surface area contributed by atoms with Gasteiger partial charge in [0, 0.05) is 22.6 Å². The number of hydrogen-bond acceptors (Lipinski definition) is 5. The third kappa shape index (κ3) is 3.94. The number of thioether (sulfide) groups is 1. The Kier molecular flexibility index (Phi) is 4.97. The first-order chi connectivity index (χ1) is 9.56. The zero-order valence-electron chi connectivity index (χ0n) is 10.8. The molecule has 7 heteroatoms. The monoisotopic (exact) mass is 352 g/mol. The molecule has 0 bridgehead atoms. The molecule has 0 radical (unpaired) electrons. The lowest BCUT2D eigenvalue weighted by atomic mass is 10.2. The maximum atomic E-state index is 11.9. The van der Waals surface area contributed by atoms with Crippen molar-refractivity contribution in [1.29, 1.82) is 0 Å². The number of hydrogen-bond donors (Lipinski definition) is 2. The second-order valence-corrected chi connectivity index (χ2v) is 5.87. The summed E-state index contributed by atoms with van der Waals surface area (Å²) in [5, 5.41) is 3.39. The number of carbonyl (C=O) groups is 1. The third-order valence-corrected chi connectivity index (χ3v) is 4.36. The van der Waals surface area contributed by atoms with Crippen molar-refractivity contribution in [3.05, 3.63) is 40.6 Å². The number of anilines is 2. The molecule has 2 rings (SSSR count). The first kappa shape index (κ1) is 14.8. The minimum Gasteiger partial charge on any atom is -0.381 e. The summed E-state index contributed by atoms with van der Waals surface area (Å²) in [6.07, 6.45) is 3.07. The summed E-state index contributed by atoms with van der Waals surface area (Å²) in [4.78, 5) is 19.9. The standard InChI is InChI=1S/C13H13BrN4OS/c1-8-6-9(2-3-10(8)14)18-11(19)7-20-13-12(15)16-4-5-17-13/h2-6H,7H2,1H3,(H2,15,16)(H,18,19). The molecule has 104 valence electrons. The fourth-order valence-corrected chi connectivity index (χ4v) is 2.42. The quantitative estimate of drug-likeness (QED) is 0.826. The van der Waals surface area contributed by atoms with Crippen LogP contribution in [0.4, 0.5) is 11.5 Å². The molecule has 20 heavy (non-hydrogen) atoms. The second kappa shape index (κ2) is 6.71. The first-order valence-electron chi connectivity index (χ1n) is 5.81. The number of aromatic nitrogens is 2. The molecule has 0 aliphatic heterocycles. The van der Waals surface area contributed by atoms with E-state index in [2.05, 4.69) is 31.2 Å². The van der Waals surface area contributed by atoms with Crippen LogP contribution in [0.2, 0.25) is 0 Å². The Labute approximate surface area is 129 Å². The number of rotatable bonds is 4. The molecule has 0 spiro atoms. The number of benzene rings is 1. The largest absolute Gasteiger partial charge is 0.381 e. The van der Waals surface area contributed by atoms with Crippen LogP contribution >= 0.6 is 27.7 Å². The van der Waals surface area contributed by atoms with Gasteiger partial charge in [0.2, 0.25) is 5.91 Å². The van der Waals surface area contributed by atoms with Gasteiger partial charge in [0.05, 0.1) is 5.75 Å². The minimum atomic E-state index is -0.109. The molecule has 3 N–H and O–H groups in total. The first-order valence-corrected chi connectivity index (χ1v) is 7.59. The van der Waals surface area contributed by atoms with Gasteiger partial charge in [-0.1, -0.05) is 27.7 Å². The highest BCUT2D eigenvalue weighted by Gasteiger charge is 2.07. The Morgan fingerprint density at radius 1 is 1.40 bits per heavy atom. The van der Waals surface area contributed by atoms with Crippen LogP contribution in [0, 0.1) is 6.92 Å². The summed E-state index contributed by atoms with van der Waals surface area (Å²) < 4.78 is 1.01. The van der Waals surface area contributed by atoms with Crippen LogP contribution in [-0.2, 0) is 4.79 Å². The van der Waals surface area contributed by atoms with Crippen LogP contribution in [-0.4, -0.2) is 21.6 Å². The number of nitrogen functional groups attached to an aromatic ring is 1. The van der Waals surface area contributed by atoms with Crippen molar-refractivity contribution in [2.24, 2.45) is 0 Å². The van der Waals surface area contributed by atoms with Gasteiger partial charge in [-0.05, 0) is 30.7 Å². The average molecular weight is 353 g/mol. The summed E-state index contributed by atoms with van der Waals surface area (Å²) in [5.74, 6) is 0.462. The zero-order chi connectivity index (χ0) is 14.5. The molecule has 5 nitrogen and oxygen atoms in total. The van der Waals surface area contributed by atoms with Crippen molar-refractivity contribution in [1.82, 2.24) is 9.97 Å². The van der Waals surface area contributed by atoms with E-state index in [1.165, 1.54) is 18.0 Å². The van der Waals surface area contributed by atoms with E-state index in [0.29, 0.717) is 10.8 Å². The summed E-state index contributed by atoms with van der Waals surface area (Å²) in [7, 11) is 0. The molecule has 0 saturated carbocycles. The second-order valence-electron chi connectivity index (χ2n) is 4.05. The maximum absolute atomic E-state index is 11.9. The van der Waals surface area contributed by atoms with Gasteiger partial charge in [0.25, 0.3) is 0 Å². The number of aryl methyl sites for hydroxylation is 1. The van der Waals surface area contributed by atoms with Gasteiger partial charge in [-0.15, -0.1) is 0 Å². The predicted molar refractivity (Wildman–Crippen MR) is 84.7 cm³/mol. The van der Waals surface area contributed by atoms with E-state index in [4.69, 9.17) is 5.73 Å². The molecule has 1 heterocycles. The average Bonchev–Trinajstić information content (AvgIpc) is 2.42. The minimum absolute atomic E-state index is 0.109. The SMILES string of the molecule is Cc1cc(NC(=O)CSc2nccnc2N)ccc1Br. The molecule has 0 fully saturated rings. The van der Waals surface area contributed by atoms with Crippen LogP contribution in [0.15, 0.2) is 40.1 Å². The van der Waals surface area contributed by atoms with Crippen molar-refractivity contribution >= 4 is 45.1 Å². The van der Waals surface area contributed by atoms with Crippen LogP contribution in [0.5, 0.6) is 0 Å². The molecule has 0 saturated heterocycles. The number of nitrogens with one attached hydrogen (secondary N) is 1. The maximum Gasteiger partial charge on any atom is 0.234 e. The van der Waals surface area contributed by atoms with E-state index in [-0.39, 0.29) is 11.7 Å². The van der Waals surface area contributed by atoms with E-state index in [1.54, 1.807) is 6.20 Å². The Balaban J connectivity index is 1.93. The van der Waals surface area contributed by atoms with E-state index in [9.17, 15) is 4.79 Å². The highest BCUT2D eigenvalue weighted by molar-refractivity contribution is 9.10. The van der Waals surface area contributed by atoms with Gasteiger partial charge in [-0.2, -0.15) is 0 Å². The fraction of sp³-hybridized carbons (Fsp3) is 0.154. The van der Waals surface area contributed by atoms with E-state index in [0.717, 1.165) is 15.7 Å². The zero-order valence-corrected chi connectivity index (χ0v) is 13.2. The molecule has 0 atom stereocenters. The van der Waals surface area contributed by atoms with Gasteiger partial charge in [0.1, 0.15) is 5.03 Å². The Bertz CT molecular complexity index is 636. The van der Waals surface area contributed by atoms with Crippen molar-refractivity contribution in [2.45, 2.75) is 11.9 Å². The predicted octanol–water partition coefficient (Wildman–Crippen LogP) is 2.86. The van der Waals surface area contributed by atoms with Crippen molar-refractivity contribution in [3.8, 4) is 0 Å². The smallest absolute Gasteiger partial charge is 0.234 e. The third-order valence-electron chi connectivity index (χ3n) is 2.47. The van der Waals surface area contributed by atoms with Crippen molar-refractivity contribution in [2.75, 3.05) is 16.8 Å². The van der Waals surface area contributed by atoms with E-state index in [1.807, 2.05) is 25.1 Å². The van der Waals surface area contributed by atoms with E-state index >= 15 is 0 Å². The van der Waals surface area contributed by atoms with Crippen molar-refractivity contribution in [3.63, 3.8) is 0 Å². The van der Waals surface area contributed by atoms with Gasteiger partial charge < -0.3 is 11.1 Å². The van der Waals surface area contributed by atoms with Crippen LogP contribution < -0.4 is 11.1 Å². The van der Waals surface area contributed by atoms with Gasteiger partial charge >= 0.3 is 0 Å². The normalized spacial score (nSPS) is 10.3. The number of nitrogens with two attached hydrogens (primary N) is 1. The summed E-state index contributed by atoms with van der Waals surface area (Å²) in [5.41, 5.74) is 7.50. The molecular weight excluding hydrogens is 340 g/mol. The topological polar surface area (TPSA) is 80.9 Å². The lowest BCUT2D eigenvalue weighted by molar-refractivity contribution is -0.113. The Hall–Kier alpha value is -1.60. The Morgan fingerprint density at radius 2 is 2.15 bits per heavy atom. The molecule has 0 aliphatic carbocycles. The van der Waals surface area contributed by atoms with Crippen LogP contribution in [0.25, 0.3) is 0 Å². The van der Waals surface area contributed by atoms with Crippen LogP contribution in [0.3, 0.4) is 0 Å². The number of halogens is 1. The summed E-state index contributed by atoms with van der Waals surface area (Å²) >= 11 is 4.68. The van der Waals surface area contributed by atoms with Crippen LogP contribution in [0.1, 0.15) is 5.56 Å². The molecule has 1 aromatic heterocycles. The van der Waals surface area contributed by atoms with Crippen molar-refractivity contribution < 1.29 is 4.79 Å². The lowest BCUT2D eigenvalue weighted by Crippen LogP contribution is -2.14. The lowest BCUT2D eigenvalue weighted by Gasteiger charge is -2.07. The number of carbonyl (C=O) groups excluding carboxylic acids is 1. The molecule has 0 aliphatic rings. The summed E-state index contributed by atoms with van der Waals surface area (Å²) in [6.45, 7) is 1.97. The Morgan fingerprint density at radius 3 is 2.85 bits per heavy atom. The molecule has 1 aromatic carbocycles. The molecular formula is C13H13BrN4OS. The molecule has 1 amide bonds. The highest BCUT2D eigenvalue weighted by atomic mass is 79.9. The molecule has 0 unspecified atom stereocenters. The number of nitrogens with zero attached hydrogens (tertiary/aromatic N) is 2. The number of amides is 1. The molecule has 2 aromatic rings. The fourth-order valence-electron chi connectivity index (χ4n) is 1.50.